The predicted octanol–water partition coefficient (Wildman–Crippen LogP) is 3.21. The van der Waals surface area contributed by atoms with Crippen molar-refractivity contribution < 1.29 is 0 Å². The molecular weight excluding hydrogens is 234 g/mol. The standard InChI is InChI=1S/C16H17N3/c1-12-5-4-6-14(7-12)11-19(3)16-9-15(10-17)8-13(2)18-16/h4-9H,11H2,1-3H3. The zero-order valence-corrected chi connectivity index (χ0v) is 11.5. The highest BCUT2D eigenvalue weighted by atomic mass is 15.2. The van der Waals surface area contributed by atoms with Crippen molar-refractivity contribution in [3.63, 3.8) is 0 Å². The van der Waals surface area contributed by atoms with Crippen molar-refractivity contribution in [3.05, 3.63) is 58.8 Å². The molecule has 19 heavy (non-hydrogen) atoms. The number of benzene rings is 1. The fourth-order valence-corrected chi connectivity index (χ4v) is 2.08. The molecule has 0 saturated heterocycles. The summed E-state index contributed by atoms with van der Waals surface area (Å²) >= 11 is 0. The molecule has 0 radical (unpaired) electrons. The summed E-state index contributed by atoms with van der Waals surface area (Å²) in [5.41, 5.74) is 4.01. The maximum atomic E-state index is 9.00. The SMILES string of the molecule is Cc1cccc(CN(C)c2cc(C#N)cc(C)n2)c1. The van der Waals surface area contributed by atoms with Crippen LogP contribution in [0.15, 0.2) is 36.4 Å². The lowest BCUT2D eigenvalue weighted by molar-refractivity contribution is 0.890. The molecule has 0 fully saturated rings. The molecule has 1 aromatic carbocycles. The fraction of sp³-hybridized carbons (Fsp3) is 0.250. The van der Waals surface area contributed by atoms with E-state index in [1.165, 1.54) is 11.1 Å². The van der Waals surface area contributed by atoms with E-state index in [4.69, 9.17) is 5.26 Å². The average Bonchev–Trinajstić information content (AvgIpc) is 2.38. The number of aryl methyl sites for hydroxylation is 2. The number of aromatic nitrogens is 1. The smallest absolute Gasteiger partial charge is 0.130 e. The van der Waals surface area contributed by atoms with E-state index in [0.717, 1.165) is 18.1 Å². The molecule has 0 aliphatic rings. The quantitative estimate of drug-likeness (QED) is 0.841. The van der Waals surface area contributed by atoms with E-state index in [9.17, 15) is 0 Å². The first-order valence-electron chi connectivity index (χ1n) is 6.24. The highest BCUT2D eigenvalue weighted by Gasteiger charge is 2.06. The van der Waals surface area contributed by atoms with Crippen molar-refractivity contribution in [1.29, 1.82) is 5.26 Å². The summed E-state index contributed by atoms with van der Waals surface area (Å²) in [5.74, 6) is 0.832. The third-order valence-electron chi connectivity index (χ3n) is 2.96. The summed E-state index contributed by atoms with van der Waals surface area (Å²) < 4.78 is 0. The van der Waals surface area contributed by atoms with E-state index in [1.54, 1.807) is 6.07 Å². The van der Waals surface area contributed by atoms with Crippen molar-refractivity contribution in [2.45, 2.75) is 20.4 Å². The maximum Gasteiger partial charge on any atom is 0.130 e. The minimum absolute atomic E-state index is 0.651. The lowest BCUT2D eigenvalue weighted by Gasteiger charge is -2.19. The maximum absolute atomic E-state index is 9.00. The van der Waals surface area contributed by atoms with Crippen molar-refractivity contribution in [2.24, 2.45) is 0 Å². The molecule has 0 bridgehead atoms. The molecule has 0 aliphatic carbocycles. The Balaban J connectivity index is 2.23. The van der Waals surface area contributed by atoms with Gasteiger partial charge in [0, 0.05) is 19.3 Å². The second-order valence-corrected chi connectivity index (χ2v) is 4.81. The van der Waals surface area contributed by atoms with Gasteiger partial charge in [-0.15, -0.1) is 0 Å². The second kappa shape index (κ2) is 5.53. The largest absolute Gasteiger partial charge is 0.355 e. The highest BCUT2D eigenvalue weighted by Crippen LogP contribution is 2.16. The highest BCUT2D eigenvalue weighted by molar-refractivity contribution is 5.46. The summed E-state index contributed by atoms with van der Waals surface area (Å²) in [5, 5.41) is 9.00. The lowest BCUT2D eigenvalue weighted by Crippen LogP contribution is -2.18. The first-order valence-corrected chi connectivity index (χ1v) is 6.24. The zero-order chi connectivity index (χ0) is 13.8. The molecule has 0 N–H and O–H groups in total. The van der Waals surface area contributed by atoms with Crippen LogP contribution in [0.4, 0.5) is 5.82 Å². The number of anilines is 1. The first-order chi connectivity index (χ1) is 9.08. The van der Waals surface area contributed by atoms with Gasteiger partial charge in [0.15, 0.2) is 0 Å². The van der Waals surface area contributed by atoms with Crippen molar-refractivity contribution >= 4 is 5.82 Å². The Morgan fingerprint density at radius 2 is 2.00 bits per heavy atom. The van der Waals surface area contributed by atoms with Gasteiger partial charge in [0.05, 0.1) is 11.6 Å². The van der Waals surface area contributed by atoms with E-state index in [2.05, 4.69) is 47.1 Å². The van der Waals surface area contributed by atoms with Crippen molar-refractivity contribution in [2.75, 3.05) is 11.9 Å². The summed E-state index contributed by atoms with van der Waals surface area (Å²) in [6.07, 6.45) is 0. The van der Waals surface area contributed by atoms with Gasteiger partial charge in [0.1, 0.15) is 5.82 Å². The van der Waals surface area contributed by atoms with E-state index in [1.807, 2.05) is 20.0 Å². The minimum Gasteiger partial charge on any atom is -0.355 e. The third-order valence-corrected chi connectivity index (χ3v) is 2.96. The Morgan fingerprint density at radius 3 is 2.68 bits per heavy atom. The molecule has 1 heterocycles. The van der Waals surface area contributed by atoms with Crippen LogP contribution in [0.2, 0.25) is 0 Å². The second-order valence-electron chi connectivity index (χ2n) is 4.81. The Bertz CT molecular complexity index is 626. The molecule has 96 valence electrons. The molecule has 1 aromatic heterocycles. The molecule has 0 spiro atoms. The fourth-order valence-electron chi connectivity index (χ4n) is 2.08. The van der Waals surface area contributed by atoms with Crippen LogP contribution in [-0.4, -0.2) is 12.0 Å². The van der Waals surface area contributed by atoms with Gasteiger partial charge in [-0.05, 0) is 31.5 Å². The van der Waals surface area contributed by atoms with Crippen LogP contribution in [0.25, 0.3) is 0 Å². The van der Waals surface area contributed by atoms with Gasteiger partial charge in [-0.25, -0.2) is 4.98 Å². The van der Waals surface area contributed by atoms with Crippen LogP contribution in [0.3, 0.4) is 0 Å². The molecule has 2 rings (SSSR count). The molecule has 3 heteroatoms. The topological polar surface area (TPSA) is 39.9 Å². The first kappa shape index (κ1) is 13.1. The Labute approximate surface area is 114 Å². The van der Waals surface area contributed by atoms with Crippen molar-refractivity contribution in [1.82, 2.24) is 4.98 Å². The molecule has 0 atom stereocenters. The Morgan fingerprint density at radius 1 is 1.21 bits per heavy atom. The third kappa shape index (κ3) is 3.32. The predicted molar refractivity (Wildman–Crippen MR) is 77.0 cm³/mol. The molecule has 0 aliphatic heterocycles. The number of hydrogen-bond donors (Lipinski definition) is 0. The summed E-state index contributed by atoms with van der Waals surface area (Å²) in [6.45, 7) is 4.77. The van der Waals surface area contributed by atoms with Crippen LogP contribution >= 0.6 is 0 Å². The van der Waals surface area contributed by atoms with Gasteiger partial charge in [-0.2, -0.15) is 5.26 Å². The van der Waals surface area contributed by atoms with E-state index >= 15 is 0 Å². The van der Waals surface area contributed by atoms with Gasteiger partial charge < -0.3 is 4.90 Å². The molecule has 2 aromatic rings. The number of nitrogens with zero attached hydrogens (tertiary/aromatic N) is 3. The van der Waals surface area contributed by atoms with Crippen LogP contribution in [-0.2, 0) is 6.54 Å². The molecule has 0 saturated carbocycles. The van der Waals surface area contributed by atoms with Gasteiger partial charge in [-0.3, -0.25) is 0 Å². The molecular formula is C16H17N3. The minimum atomic E-state index is 0.651. The number of rotatable bonds is 3. The van der Waals surface area contributed by atoms with Crippen molar-refractivity contribution in [3.8, 4) is 6.07 Å². The van der Waals surface area contributed by atoms with Crippen LogP contribution < -0.4 is 4.90 Å². The van der Waals surface area contributed by atoms with Crippen LogP contribution in [0.5, 0.6) is 0 Å². The Hall–Kier alpha value is -2.34. The average molecular weight is 251 g/mol. The van der Waals surface area contributed by atoms with Gasteiger partial charge >= 0.3 is 0 Å². The van der Waals surface area contributed by atoms with Gasteiger partial charge in [0.25, 0.3) is 0 Å². The van der Waals surface area contributed by atoms with Gasteiger partial charge in [0.2, 0.25) is 0 Å². The Kier molecular flexibility index (Phi) is 3.82. The molecule has 0 unspecified atom stereocenters. The normalized spacial score (nSPS) is 10.0. The summed E-state index contributed by atoms with van der Waals surface area (Å²) in [7, 11) is 1.99. The monoisotopic (exact) mass is 251 g/mol. The van der Waals surface area contributed by atoms with E-state index < -0.39 is 0 Å². The summed E-state index contributed by atoms with van der Waals surface area (Å²) in [4.78, 5) is 6.53. The van der Waals surface area contributed by atoms with Crippen LogP contribution in [0.1, 0.15) is 22.4 Å². The summed E-state index contributed by atoms with van der Waals surface area (Å²) in [6, 6.07) is 14.2. The van der Waals surface area contributed by atoms with E-state index in [0.29, 0.717) is 5.56 Å². The molecule has 3 nitrogen and oxygen atoms in total. The number of hydrogen-bond acceptors (Lipinski definition) is 3. The van der Waals surface area contributed by atoms with E-state index in [-0.39, 0.29) is 0 Å². The van der Waals surface area contributed by atoms with Gasteiger partial charge in [-0.1, -0.05) is 29.8 Å². The zero-order valence-electron chi connectivity index (χ0n) is 11.5. The number of nitriles is 1. The van der Waals surface area contributed by atoms with Crippen LogP contribution in [0, 0.1) is 25.2 Å². The lowest BCUT2D eigenvalue weighted by atomic mass is 10.1. The number of pyridine rings is 1. The molecule has 0 amide bonds.